The molecule has 0 saturated carbocycles. The Morgan fingerprint density at radius 1 is 1.27 bits per heavy atom. The quantitative estimate of drug-likeness (QED) is 0.756. The molecule has 1 amide bonds. The molecule has 0 bridgehead atoms. The molecule has 9 heteroatoms. The Hall–Kier alpha value is -2.00. The highest BCUT2D eigenvalue weighted by molar-refractivity contribution is 7.89. The van der Waals surface area contributed by atoms with Crippen molar-refractivity contribution in [1.29, 1.82) is 0 Å². The summed E-state index contributed by atoms with van der Waals surface area (Å²) in [6.45, 7) is 1.71. The summed E-state index contributed by atoms with van der Waals surface area (Å²) in [5.74, 6) is -1.02. The molecule has 0 fully saturated rings. The van der Waals surface area contributed by atoms with Gasteiger partial charge in [-0.3, -0.25) is 9.63 Å². The van der Waals surface area contributed by atoms with Crippen molar-refractivity contribution in [1.82, 2.24) is 9.79 Å². The minimum absolute atomic E-state index is 0.0423. The van der Waals surface area contributed by atoms with Gasteiger partial charge in [-0.1, -0.05) is 28.2 Å². The standard InChI is InChI=1S/C17H18ClFN2O4S/c1-11(12-7-8-16(19)15(18)10-12)20-17(22)13-5-4-6-14(9-13)26(23,24)21(2)25-3/h4-11H,1-3H3,(H,20,22). The predicted molar refractivity (Wildman–Crippen MR) is 95.7 cm³/mol. The molecule has 0 aliphatic heterocycles. The molecule has 26 heavy (non-hydrogen) atoms. The van der Waals surface area contributed by atoms with E-state index in [-0.39, 0.29) is 15.5 Å². The first-order valence-electron chi connectivity index (χ1n) is 7.55. The second kappa shape index (κ2) is 8.13. The third kappa shape index (κ3) is 4.39. The zero-order valence-corrected chi connectivity index (χ0v) is 15.9. The van der Waals surface area contributed by atoms with E-state index in [1.54, 1.807) is 6.92 Å². The summed E-state index contributed by atoms with van der Waals surface area (Å²) >= 11 is 5.75. The number of rotatable bonds is 6. The average molecular weight is 401 g/mol. The maximum atomic E-state index is 13.2. The van der Waals surface area contributed by atoms with Crippen LogP contribution in [0.2, 0.25) is 5.02 Å². The average Bonchev–Trinajstić information content (AvgIpc) is 2.63. The lowest BCUT2D eigenvalue weighted by molar-refractivity contribution is -0.0258. The number of benzene rings is 2. The molecule has 0 aliphatic carbocycles. The molecule has 1 N–H and O–H groups in total. The molecule has 0 aromatic heterocycles. The fraction of sp³-hybridized carbons (Fsp3) is 0.235. The normalized spacial score (nSPS) is 12.8. The summed E-state index contributed by atoms with van der Waals surface area (Å²) in [4.78, 5) is 17.1. The molecule has 0 heterocycles. The van der Waals surface area contributed by atoms with Gasteiger partial charge in [-0.2, -0.15) is 0 Å². The lowest BCUT2D eigenvalue weighted by Crippen LogP contribution is -2.28. The first-order valence-corrected chi connectivity index (χ1v) is 9.37. The van der Waals surface area contributed by atoms with Gasteiger partial charge in [-0.15, -0.1) is 0 Å². The smallest absolute Gasteiger partial charge is 0.264 e. The number of amides is 1. The van der Waals surface area contributed by atoms with Crippen molar-refractivity contribution in [2.24, 2.45) is 0 Å². The largest absolute Gasteiger partial charge is 0.346 e. The van der Waals surface area contributed by atoms with Crippen LogP contribution in [0.15, 0.2) is 47.4 Å². The van der Waals surface area contributed by atoms with E-state index in [0.717, 1.165) is 0 Å². The van der Waals surface area contributed by atoms with Gasteiger partial charge >= 0.3 is 0 Å². The molecule has 2 aromatic carbocycles. The lowest BCUT2D eigenvalue weighted by atomic mass is 10.1. The van der Waals surface area contributed by atoms with Crippen molar-refractivity contribution in [3.05, 3.63) is 64.4 Å². The van der Waals surface area contributed by atoms with E-state index in [0.29, 0.717) is 10.0 Å². The van der Waals surface area contributed by atoms with Gasteiger partial charge in [-0.25, -0.2) is 12.8 Å². The van der Waals surface area contributed by atoms with Gasteiger partial charge in [0, 0.05) is 12.6 Å². The second-order valence-corrected chi connectivity index (χ2v) is 7.84. The van der Waals surface area contributed by atoms with Crippen LogP contribution in [0, 0.1) is 5.82 Å². The molecule has 140 valence electrons. The van der Waals surface area contributed by atoms with Gasteiger partial charge in [0.2, 0.25) is 0 Å². The fourth-order valence-electron chi connectivity index (χ4n) is 2.19. The molecule has 6 nitrogen and oxygen atoms in total. The Kier molecular flexibility index (Phi) is 6.35. The van der Waals surface area contributed by atoms with Gasteiger partial charge < -0.3 is 5.32 Å². The third-order valence-corrected chi connectivity index (χ3v) is 5.75. The number of hydrogen-bond donors (Lipinski definition) is 1. The molecule has 1 unspecified atom stereocenters. The molecular weight excluding hydrogens is 383 g/mol. The van der Waals surface area contributed by atoms with Gasteiger partial charge in [0.05, 0.1) is 23.1 Å². The third-order valence-electron chi connectivity index (χ3n) is 3.78. The van der Waals surface area contributed by atoms with Crippen molar-refractivity contribution in [3.63, 3.8) is 0 Å². The minimum Gasteiger partial charge on any atom is -0.346 e. The molecule has 0 saturated heterocycles. The van der Waals surface area contributed by atoms with Crippen molar-refractivity contribution in [2.75, 3.05) is 14.2 Å². The van der Waals surface area contributed by atoms with E-state index in [9.17, 15) is 17.6 Å². The molecule has 0 aliphatic rings. The zero-order valence-electron chi connectivity index (χ0n) is 14.4. The Labute approximate surface area is 156 Å². The van der Waals surface area contributed by atoms with Crippen LogP contribution in [0.5, 0.6) is 0 Å². The summed E-state index contributed by atoms with van der Waals surface area (Å²) in [6, 6.07) is 9.28. The highest BCUT2D eigenvalue weighted by Gasteiger charge is 2.22. The number of sulfonamides is 1. The fourth-order valence-corrected chi connectivity index (χ4v) is 3.40. The molecule has 1 atom stereocenters. The topological polar surface area (TPSA) is 75.7 Å². The number of halogens is 2. The SMILES string of the molecule is CON(C)S(=O)(=O)c1cccc(C(=O)NC(C)c2ccc(F)c(Cl)c2)c1. The van der Waals surface area contributed by atoms with Crippen LogP contribution >= 0.6 is 11.6 Å². The Balaban J connectivity index is 2.22. The van der Waals surface area contributed by atoms with Crippen molar-refractivity contribution in [3.8, 4) is 0 Å². The van der Waals surface area contributed by atoms with Crippen molar-refractivity contribution < 1.29 is 22.4 Å². The van der Waals surface area contributed by atoms with E-state index in [1.807, 2.05) is 0 Å². The van der Waals surface area contributed by atoms with E-state index in [1.165, 1.54) is 56.6 Å². The van der Waals surface area contributed by atoms with E-state index in [4.69, 9.17) is 16.4 Å². The number of hydroxylamine groups is 1. The van der Waals surface area contributed by atoms with Gasteiger partial charge in [0.1, 0.15) is 5.82 Å². The maximum Gasteiger partial charge on any atom is 0.264 e. The van der Waals surface area contributed by atoms with Gasteiger partial charge in [0.15, 0.2) is 0 Å². The van der Waals surface area contributed by atoms with Crippen molar-refractivity contribution in [2.45, 2.75) is 17.9 Å². The summed E-state index contributed by atoms with van der Waals surface area (Å²) in [7, 11) is -1.39. The first kappa shape index (κ1) is 20.3. The molecule has 2 aromatic rings. The first-order chi connectivity index (χ1) is 12.2. The zero-order chi connectivity index (χ0) is 19.5. The van der Waals surface area contributed by atoms with Gasteiger partial charge in [-0.05, 0) is 42.8 Å². The number of carbonyl (C=O) groups is 1. The van der Waals surface area contributed by atoms with Crippen LogP contribution in [0.25, 0.3) is 0 Å². The summed E-state index contributed by atoms with van der Waals surface area (Å²) in [6.07, 6.45) is 0. The molecular formula is C17H18ClFN2O4S. The number of hydrogen-bond acceptors (Lipinski definition) is 4. The van der Waals surface area contributed by atoms with Crippen LogP contribution in [0.4, 0.5) is 4.39 Å². The predicted octanol–water partition coefficient (Wildman–Crippen LogP) is 3.15. The van der Waals surface area contributed by atoms with Gasteiger partial charge in [0.25, 0.3) is 15.9 Å². The monoisotopic (exact) mass is 400 g/mol. The molecule has 2 rings (SSSR count). The molecule has 0 spiro atoms. The highest BCUT2D eigenvalue weighted by atomic mass is 35.5. The minimum atomic E-state index is -3.86. The Morgan fingerprint density at radius 3 is 2.58 bits per heavy atom. The van der Waals surface area contributed by atoms with Crippen LogP contribution < -0.4 is 5.32 Å². The highest BCUT2D eigenvalue weighted by Crippen LogP contribution is 2.21. The van der Waals surface area contributed by atoms with Crippen LogP contribution in [0.1, 0.15) is 28.9 Å². The summed E-state index contributed by atoms with van der Waals surface area (Å²) in [5.41, 5.74) is 0.781. The maximum absolute atomic E-state index is 13.2. The molecule has 0 radical (unpaired) electrons. The number of carbonyl (C=O) groups excluding carboxylic acids is 1. The number of nitrogens with one attached hydrogen (secondary N) is 1. The summed E-state index contributed by atoms with van der Waals surface area (Å²) < 4.78 is 38.5. The van der Waals surface area contributed by atoms with E-state index in [2.05, 4.69) is 5.32 Å². The van der Waals surface area contributed by atoms with Crippen molar-refractivity contribution >= 4 is 27.5 Å². The van der Waals surface area contributed by atoms with E-state index >= 15 is 0 Å². The van der Waals surface area contributed by atoms with Crippen LogP contribution in [0.3, 0.4) is 0 Å². The number of nitrogens with zero attached hydrogens (tertiary/aromatic N) is 1. The Morgan fingerprint density at radius 2 is 1.96 bits per heavy atom. The van der Waals surface area contributed by atoms with Crippen LogP contribution in [-0.2, 0) is 14.9 Å². The Bertz CT molecular complexity index is 921. The lowest BCUT2D eigenvalue weighted by Gasteiger charge is -2.16. The summed E-state index contributed by atoms with van der Waals surface area (Å²) in [5, 5.41) is 2.68. The second-order valence-electron chi connectivity index (χ2n) is 5.49. The van der Waals surface area contributed by atoms with E-state index < -0.39 is 27.8 Å². The van der Waals surface area contributed by atoms with Crippen LogP contribution in [-0.4, -0.2) is 33.0 Å².